The molecule has 0 radical (unpaired) electrons. The number of rotatable bonds is 2. The summed E-state index contributed by atoms with van der Waals surface area (Å²) in [6.45, 7) is 7.31. The molecule has 0 spiro atoms. The molecule has 9 heavy (non-hydrogen) atoms. The van der Waals surface area contributed by atoms with Crippen molar-refractivity contribution in [2.24, 2.45) is 0 Å². The van der Waals surface area contributed by atoms with Crippen LogP contribution in [-0.4, -0.2) is 14.7 Å². The van der Waals surface area contributed by atoms with Crippen LogP contribution >= 0.6 is 0 Å². The van der Waals surface area contributed by atoms with Gasteiger partial charge in [-0.3, -0.25) is 4.78 Å². The van der Waals surface area contributed by atoms with Crippen LogP contribution in [0.5, 0.6) is 0 Å². The van der Waals surface area contributed by atoms with Gasteiger partial charge in [0.15, 0.2) is 0 Å². The minimum Gasteiger partial charge on any atom is -0.252 e. The second-order valence-electron chi connectivity index (χ2n) is 2.75. The van der Waals surface area contributed by atoms with Crippen LogP contribution in [0.2, 0.25) is 0 Å². The SMILES string of the molecule is CC(C)S(=N)(=O)C(C)C. The lowest BCUT2D eigenvalue weighted by Gasteiger charge is -2.13. The molecule has 0 aliphatic rings. The summed E-state index contributed by atoms with van der Waals surface area (Å²) in [5, 5.41) is -0.0324. The Balaban J connectivity index is 4.42. The minimum atomic E-state index is -2.31. The molecule has 2 nitrogen and oxygen atoms in total. The lowest BCUT2D eigenvalue weighted by Crippen LogP contribution is -2.21. The maximum Gasteiger partial charge on any atom is 0.0488 e. The molecule has 0 saturated heterocycles. The maximum absolute atomic E-state index is 11.3. The van der Waals surface area contributed by atoms with Gasteiger partial charge >= 0.3 is 0 Å². The van der Waals surface area contributed by atoms with E-state index in [1.807, 2.05) is 27.7 Å². The van der Waals surface area contributed by atoms with Gasteiger partial charge in [0.1, 0.15) is 0 Å². The lowest BCUT2D eigenvalue weighted by molar-refractivity contribution is 0.659. The molecule has 0 aromatic heterocycles. The zero-order chi connectivity index (χ0) is 7.65. The van der Waals surface area contributed by atoms with Crippen LogP contribution in [0, 0.1) is 4.78 Å². The highest BCUT2D eigenvalue weighted by Gasteiger charge is 2.15. The van der Waals surface area contributed by atoms with Crippen molar-refractivity contribution in [3.8, 4) is 0 Å². The van der Waals surface area contributed by atoms with Crippen LogP contribution in [0.1, 0.15) is 27.7 Å². The van der Waals surface area contributed by atoms with Crippen LogP contribution in [0.4, 0.5) is 0 Å². The fourth-order valence-electron chi connectivity index (χ4n) is 0.544. The first-order valence-electron chi connectivity index (χ1n) is 3.15. The Morgan fingerprint density at radius 1 is 1.11 bits per heavy atom. The molecule has 0 aromatic rings. The predicted octanol–water partition coefficient (Wildman–Crippen LogP) is 1.85. The predicted molar refractivity (Wildman–Crippen MR) is 41.1 cm³/mol. The van der Waals surface area contributed by atoms with Crippen molar-refractivity contribution in [2.45, 2.75) is 38.2 Å². The van der Waals surface area contributed by atoms with Crippen molar-refractivity contribution >= 4 is 9.73 Å². The molecule has 56 valence electrons. The second kappa shape index (κ2) is 2.69. The third kappa shape index (κ3) is 1.97. The zero-order valence-electron chi connectivity index (χ0n) is 6.47. The van der Waals surface area contributed by atoms with Crippen molar-refractivity contribution in [3.05, 3.63) is 0 Å². The van der Waals surface area contributed by atoms with E-state index in [0.717, 1.165) is 0 Å². The van der Waals surface area contributed by atoms with Gasteiger partial charge in [-0.25, -0.2) is 4.21 Å². The molecule has 0 bridgehead atoms. The van der Waals surface area contributed by atoms with Gasteiger partial charge in [-0.05, 0) is 0 Å². The Bertz CT molecular complexity index is 153. The molecular weight excluding hydrogens is 134 g/mol. The molecule has 0 aromatic carbocycles. The van der Waals surface area contributed by atoms with E-state index in [1.54, 1.807) is 0 Å². The Morgan fingerprint density at radius 3 is 1.33 bits per heavy atom. The molecule has 0 heterocycles. The summed E-state index contributed by atoms with van der Waals surface area (Å²) in [7, 11) is -2.31. The Kier molecular flexibility index (Phi) is 2.67. The highest BCUT2D eigenvalue weighted by molar-refractivity contribution is 7.93. The van der Waals surface area contributed by atoms with Gasteiger partial charge in [0.2, 0.25) is 0 Å². The van der Waals surface area contributed by atoms with E-state index in [-0.39, 0.29) is 10.5 Å². The fraction of sp³-hybridized carbons (Fsp3) is 1.00. The molecular formula is C6H15NOS. The molecule has 0 aliphatic heterocycles. The van der Waals surface area contributed by atoms with E-state index >= 15 is 0 Å². The van der Waals surface area contributed by atoms with Crippen LogP contribution in [0.25, 0.3) is 0 Å². The Labute approximate surface area is 57.6 Å². The molecule has 0 rings (SSSR count). The summed E-state index contributed by atoms with van der Waals surface area (Å²) in [6.07, 6.45) is 0. The largest absolute Gasteiger partial charge is 0.252 e. The Morgan fingerprint density at radius 2 is 1.33 bits per heavy atom. The minimum absolute atomic E-state index is 0.0162. The first-order valence-corrected chi connectivity index (χ1v) is 4.84. The quantitative estimate of drug-likeness (QED) is 0.639. The normalized spacial score (nSPS) is 13.1. The average Bonchev–Trinajstić information content (AvgIpc) is 1.65. The molecule has 0 aliphatic carbocycles. The van der Waals surface area contributed by atoms with E-state index < -0.39 is 9.73 Å². The van der Waals surface area contributed by atoms with E-state index in [0.29, 0.717) is 0 Å². The highest BCUT2D eigenvalue weighted by Crippen LogP contribution is 2.08. The summed E-state index contributed by atoms with van der Waals surface area (Å²) >= 11 is 0. The van der Waals surface area contributed by atoms with Gasteiger partial charge in [-0.2, -0.15) is 0 Å². The monoisotopic (exact) mass is 149 g/mol. The van der Waals surface area contributed by atoms with Crippen molar-refractivity contribution < 1.29 is 4.21 Å². The standard InChI is InChI=1S/C6H15NOS/c1-5(2)9(7,8)6(3)4/h5-7H,1-4H3. The molecule has 0 saturated carbocycles. The highest BCUT2D eigenvalue weighted by atomic mass is 32.2. The van der Waals surface area contributed by atoms with Crippen LogP contribution in [0.3, 0.4) is 0 Å². The van der Waals surface area contributed by atoms with Crippen LogP contribution < -0.4 is 0 Å². The van der Waals surface area contributed by atoms with Crippen molar-refractivity contribution in [3.63, 3.8) is 0 Å². The number of hydrogen-bond acceptors (Lipinski definition) is 2. The van der Waals surface area contributed by atoms with E-state index in [4.69, 9.17) is 4.78 Å². The van der Waals surface area contributed by atoms with E-state index in [9.17, 15) is 4.21 Å². The summed E-state index contributed by atoms with van der Waals surface area (Å²) in [5.41, 5.74) is 0. The van der Waals surface area contributed by atoms with Crippen molar-refractivity contribution in [2.75, 3.05) is 0 Å². The maximum atomic E-state index is 11.3. The second-order valence-corrected chi connectivity index (χ2v) is 5.93. The number of nitrogens with one attached hydrogen (secondary N) is 1. The van der Waals surface area contributed by atoms with Gasteiger partial charge in [0.05, 0.1) is 0 Å². The topological polar surface area (TPSA) is 40.9 Å². The van der Waals surface area contributed by atoms with Gasteiger partial charge in [-0.15, -0.1) is 0 Å². The first-order chi connectivity index (χ1) is 3.89. The smallest absolute Gasteiger partial charge is 0.0488 e. The number of hydrogen-bond donors (Lipinski definition) is 1. The molecule has 0 unspecified atom stereocenters. The average molecular weight is 149 g/mol. The van der Waals surface area contributed by atoms with E-state index in [2.05, 4.69) is 0 Å². The molecule has 3 heteroatoms. The van der Waals surface area contributed by atoms with Crippen LogP contribution in [-0.2, 0) is 9.73 Å². The molecule has 0 atom stereocenters. The van der Waals surface area contributed by atoms with Crippen molar-refractivity contribution in [1.82, 2.24) is 0 Å². The van der Waals surface area contributed by atoms with E-state index in [1.165, 1.54) is 0 Å². The van der Waals surface area contributed by atoms with Gasteiger partial charge in [-0.1, -0.05) is 27.7 Å². The third-order valence-corrected chi connectivity index (χ3v) is 4.20. The summed E-state index contributed by atoms with van der Waals surface area (Å²) in [4.78, 5) is 0. The van der Waals surface area contributed by atoms with Gasteiger partial charge in [0.25, 0.3) is 0 Å². The third-order valence-electron chi connectivity index (χ3n) is 1.40. The Hall–Kier alpha value is -0.0500. The summed E-state index contributed by atoms with van der Waals surface area (Å²) in [6, 6.07) is 0. The summed E-state index contributed by atoms with van der Waals surface area (Å²) < 4.78 is 18.6. The fourth-order valence-corrected chi connectivity index (χ4v) is 1.63. The molecule has 1 N–H and O–H groups in total. The molecule has 0 amide bonds. The summed E-state index contributed by atoms with van der Waals surface area (Å²) in [5.74, 6) is 0. The molecule has 0 fully saturated rings. The van der Waals surface area contributed by atoms with Crippen LogP contribution in [0.15, 0.2) is 0 Å². The van der Waals surface area contributed by atoms with Crippen molar-refractivity contribution in [1.29, 1.82) is 4.78 Å². The van der Waals surface area contributed by atoms with Gasteiger partial charge < -0.3 is 0 Å². The van der Waals surface area contributed by atoms with Gasteiger partial charge in [0, 0.05) is 20.2 Å². The zero-order valence-corrected chi connectivity index (χ0v) is 7.29. The first kappa shape index (κ1) is 8.95. The lowest BCUT2D eigenvalue weighted by atomic mass is 10.5.